The Bertz CT molecular complexity index is 811. The molecule has 0 spiro atoms. The van der Waals surface area contributed by atoms with Crippen molar-refractivity contribution in [2.45, 2.75) is 26.4 Å². The van der Waals surface area contributed by atoms with Crippen molar-refractivity contribution in [2.75, 3.05) is 11.4 Å². The zero-order valence-electron chi connectivity index (χ0n) is 13.1. The van der Waals surface area contributed by atoms with Crippen LogP contribution in [0.4, 0.5) is 5.82 Å². The molecule has 0 bridgehead atoms. The van der Waals surface area contributed by atoms with Gasteiger partial charge in [-0.25, -0.2) is 9.97 Å². The van der Waals surface area contributed by atoms with Crippen LogP contribution in [0.25, 0.3) is 11.4 Å². The van der Waals surface area contributed by atoms with Crippen molar-refractivity contribution in [3.05, 3.63) is 54.2 Å². The van der Waals surface area contributed by atoms with Gasteiger partial charge in [0.25, 0.3) is 0 Å². The fourth-order valence-electron chi connectivity index (χ4n) is 2.93. The van der Waals surface area contributed by atoms with Gasteiger partial charge in [0.1, 0.15) is 11.6 Å². The molecule has 6 nitrogen and oxygen atoms in total. The van der Waals surface area contributed by atoms with Crippen molar-refractivity contribution in [1.82, 2.24) is 24.7 Å². The van der Waals surface area contributed by atoms with Crippen LogP contribution >= 0.6 is 0 Å². The van der Waals surface area contributed by atoms with Crippen molar-refractivity contribution in [1.29, 1.82) is 0 Å². The third kappa shape index (κ3) is 2.56. The number of hydrogen-bond acceptors (Lipinski definition) is 5. The van der Waals surface area contributed by atoms with E-state index in [0.29, 0.717) is 0 Å². The van der Waals surface area contributed by atoms with Crippen LogP contribution in [0, 0.1) is 0 Å². The standard InChI is InChI=1S/C17H18N6/c1-2-14-20-21-16-12-22(10-11-23(14)16)15-8-9-18-17(19-15)13-6-4-3-5-7-13/h3-9H,2,10-12H2,1H3. The summed E-state index contributed by atoms with van der Waals surface area (Å²) in [6.45, 7) is 4.65. The number of fused-ring (bicyclic) bond motifs is 1. The highest BCUT2D eigenvalue weighted by molar-refractivity contribution is 5.57. The Balaban J connectivity index is 1.62. The molecule has 3 aromatic rings. The maximum atomic E-state index is 4.72. The lowest BCUT2D eigenvalue weighted by Crippen LogP contribution is -2.35. The van der Waals surface area contributed by atoms with Crippen LogP contribution in [0.15, 0.2) is 42.6 Å². The molecule has 0 aliphatic carbocycles. The van der Waals surface area contributed by atoms with E-state index in [2.05, 4.69) is 31.6 Å². The van der Waals surface area contributed by atoms with Gasteiger partial charge in [0, 0.05) is 31.3 Å². The maximum Gasteiger partial charge on any atom is 0.161 e. The number of benzene rings is 1. The first kappa shape index (κ1) is 13.9. The predicted molar refractivity (Wildman–Crippen MR) is 87.9 cm³/mol. The van der Waals surface area contributed by atoms with Gasteiger partial charge in [-0.3, -0.25) is 0 Å². The first-order valence-electron chi connectivity index (χ1n) is 7.89. The molecule has 0 fully saturated rings. The van der Waals surface area contributed by atoms with Gasteiger partial charge in [-0.05, 0) is 6.07 Å². The van der Waals surface area contributed by atoms with E-state index in [1.807, 2.05) is 42.6 Å². The zero-order valence-corrected chi connectivity index (χ0v) is 13.1. The van der Waals surface area contributed by atoms with E-state index in [0.717, 1.165) is 54.9 Å². The van der Waals surface area contributed by atoms with Gasteiger partial charge < -0.3 is 9.47 Å². The molecule has 0 saturated heterocycles. The number of aryl methyl sites for hydroxylation is 1. The van der Waals surface area contributed by atoms with Crippen molar-refractivity contribution < 1.29 is 0 Å². The molecule has 3 heterocycles. The Hall–Kier alpha value is -2.76. The van der Waals surface area contributed by atoms with Crippen LogP contribution in [0.1, 0.15) is 18.6 Å². The quantitative estimate of drug-likeness (QED) is 0.743. The predicted octanol–water partition coefficient (Wildman–Crippen LogP) is 2.32. The fraction of sp³-hybridized carbons (Fsp3) is 0.294. The monoisotopic (exact) mass is 306 g/mol. The lowest BCUT2D eigenvalue weighted by Gasteiger charge is -2.28. The summed E-state index contributed by atoms with van der Waals surface area (Å²) in [7, 11) is 0. The minimum Gasteiger partial charge on any atom is -0.347 e. The molecule has 0 saturated carbocycles. The van der Waals surface area contributed by atoms with Gasteiger partial charge in [-0.1, -0.05) is 37.3 Å². The third-order valence-corrected chi connectivity index (χ3v) is 4.14. The van der Waals surface area contributed by atoms with E-state index in [9.17, 15) is 0 Å². The summed E-state index contributed by atoms with van der Waals surface area (Å²) < 4.78 is 2.22. The lowest BCUT2D eigenvalue weighted by molar-refractivity contribution is 0.541. The van der Waals surface area contributed by atoms with E-state index < -0.39 is 0 Å². The second-order valence-electron chi connectivity index (χ2n) is 5.56. The van der Waals surface area contributed by atoms with Crippen LogP contribution < -0.4 is 4.90 Å². The van der Waals surface area contributed by atoms with Gasteiger partial charge in [-0.15, -0.1) is 10.2 Å². The molecule has 0 amide bonds. The van der Waals surface area contributed by atoms with Crippen LogP contribution in [-0.2, 0) is 19.5 Å². The minimum atomic E-state index is 0.734. The normalized spacial score (nSPS) is 13.9. The highest BCUT2D eigenvalue weighted by Crippen LogP contribution is 2.21. The fourth-order valence-corrected chi connectivity index (χ4v) is 2.93. The van der Waals surface area contributed by atoms with E-state index >= 15 is 0 Å². The first-order chi connectivity index (χ1) is 11.3. The number of rotatable bonds is 3. The van der Waals surface area contributed by atoms with Crippen LogP contribution in [-0.4, -0.2) is 31.3 Å². The minimum absolute atomic E-state index is 0.734. The third-order valence-electron chi connectivity index (χ3n) is 4.14. The summed E-state index contributed by atoms with van der Waals surface area (Å²) in [4.78, 5) is 11.4. The topological polar surface area (TPSA) is 59.7 Å². The van der Waals surface area contributed by atoms with E-state index in [1.165, 1.54) is 0 Å². The SMILES string of the molecule is CCc1nnc2n1CCN(c1ccnc(-c3ccccc3)n1)C2. The van der Waals surface area contributed by atoms with Crippen LogP contribution in [0.3, 0.4) is 0 Å². The van der Waals surface area contributed by atoms with Crippen molar-refractivity contribution in [3.63, 3.8) is 0 Å². The summed E-state index contributed by atoms with van der Waals surface area (Å²) in [6, 6.07) is 12.0. The van der Waals surface area contributed by atoms with Gasteiger partial charge in [-0.2, -0.15) is 0 Å². The smallest absolute Gasteiger partial charge is 0.161 e. The molecule has 1 aliphatic heterocycles. The number of nitrogens with zero attached hydrogens (tertiary/aromatic N) is 6. The average molecular weight is 306 g/mol. The molecule has 6 heteroatoms. The summed E-state index contributed by atoms with van der Waals surface area (Å²) in [5, 5.41) is 8.57. The molecule has 23 heavy (non-hydrogen) atoms. The average Bonchev–Trinajstić information content (AvgIpc) is 3.05. The van der Waals surface area contributed by atoms with Gasteiger partial charge in [0.05, 0.1) is 6.54 Å². The number of anilines is 1. The largest absolute Gasteiger partial charge is 0.347 e. The molecule has 116 valence electrons. The Morgan fingerprint density at radius 2 is 1.91 bits per heavy atom. The summed E-state index contributed by atoms with van der Waals surface area (Å²) >= 11 is 0. The zero-order chi connectivity index (χ0) is 15.6. The molecule has 4 rings (SSSR count). The summed E-state index contributed by atoms with van der Waals surface area (Å²) in [5.74, 6) is 3.76. The van der Waals surface area contributed by atoms with Crippen LogP contribution in [0.2, 0.25) is 0 Å². The van der Waals surface area contributed by atoms with Crippen molar-refractivity contribution in [3.8, 4) is 11.4 Å². The lowest BCUT2D eigenvalue weighted by atomic mass is 10.2. The maximum absolute atomic E-state index is 4.72. The molecule has 0 unspecified atom stereocenters. The molecule has 1 aromatic carbocycles. The molecular formula is C17H18N6. The molecule has 0 radical (unpaired) electrons. The van der Waals surface area contributed by atoms with Gasteiger partial charge in [0.15, 0.2) is 11.6 Å². The Kier molecular flexibility index (Phi) is 3.49. The summed E-state index contributed by atoms with van der Waals surface area (Å²) in [6.07, 6.45) is 2.74. The number of aromatic nitrogens is 5. The Labute approximate surface area is 134 Å². The molecule has 2 aromatic heterocycles. The van der Waals surface area contributed by atoms with Gasteiger partial charge >= 0.3 is 0 Å². The van der Waals surface area contributed by atoms with Crippen molar-refractivity contribution >= 4 is 5.82 Å². The molecule has 1 aliphatic rings. The number of hydrogen-bond donors (Lipinski definition) is 0. The van der Waals surface area contributed by atoms with Gasteiger partial charge in [0.2, 0.25) is 0 Å². The summed E-state index contributed by atoms with van der Waals surface area (Å²) in [5.41, 5.74) is 1.03. The highest BCUT2D eigenvalue weighted by Gasteiger charge is 2.21. The molecular weight excluding hydrogens is 288 g/mol. The van der Waals surface area contributed by atoms with E-state index in [-0.39, 0.29) is 0 Å². The Morgan fingerprint density at radius 1 is 1.04 bits per heavy atom. The second kappa shape index (κ2) is 5.79. The molecule has 0 N–H and O–H groups in total. The molecule has 0 atom stereocenters. The first-order valence-corrected chi connectivity index (χ1v) is 7.89. The Morgan fingerprint density at radius 3 is 2.74 bits per heavy atom. The van der Waals surface area contributed by atoms with E-state index in [4.69, 9.17) is 4.98 Å². The van der Waals surface area contributed by atoms with E-state index in [1.54, 1.807) is 0 Å². The van der Waals surface area contributed by atoms with Crippen LogP contribution in [0.5, 0.6) is 0 Å². The highest BCUT2D eigenvalue weighted by atomic mass is 15.3. The second-order valence-corrected chi connectivity index (χ2v) is 5.56. The van der Waals surface area contributed by atoms with Crippen molar-refractivity contribution in [2.24, 2.45) is 0 Å².